The zero-order valence-corrected chi connectivity index (χ0v) is 16.5. The normalized spacial score (nSPS) is 25.7. The Morgan fingerprint density at radius 2 is 1.80 bits per heavy atom. The van der Waals surface area contributed by atoms with Gasteiger partial charge >= 0.3 is 0 Å². The molecule has 25 heavy (non-hydrogen) atoms. The Hall–Kier alpha value is -0.870. The van der Waals surface area contributed by atoms with Gasteiger partial charge in [-0.2, -0.15) is 0 Å². The van der Waals surface area contributed by atoms with Crippen molar-refractivity contribution in [3.63, 3.8) is 0 Å². The Kier molecular flexibility index (Phi) is 6.21. The first-order chi connectivity index (χ1) is 12.0. The second-order valence-corrected chi connectivity index (χ2v) is 9.87. The van der Waals surface area contributed by atoms with Crippen molar-refractivity contribution >= 4 is 10.0 Å². The van der Waals surface area contributed by atoms with Crippen LogP contribution >= 0.6 is 0 Å². The summed E-state index contributed by atoms with van der Waals surface area (Å²) in [5.41, 5.74) is 1.09. The zero-order chi connectivity index (χ0) is 17.9. The van der Waals surface area contributed by atoms with Gasteiger partial charge in [0, 0.05) is 6.04 Å². The largest absolute Gasteiger partial charge is 0.240 e. The summed E-state index contributed by atoms with van der Waals surface area (Å²) in [5.74, 6) is 1.80. The van der Waals surface area contributed by atoms with Crippen molar-refractivity contribution in [3.8, 4) is 0 Å². The summed E-state index contributed by atoms with van der Waals surface area (Å²) >= 11 is 0. The van der Waals surface area contributed by atoms with E-state index in [0.29, 0.717) is 16.7 Å². The first-order valence-electron chi connectivity index (χ1n) is 10.1. The van der Waals surface area contributed by atoms with Crippen LogP contribution in [0.5, 0.6) is 0 Å². The number of unbranched alkanes of at least 4 members (excludes halogenated alkanes) is 1. The molecule has 0 bridgehead atoms. The van der Waals surface area contributed by atoms with Gasteiger partial charge in [0.25, 0.3) is 0 Å². The van der Waals surface area contributed by atoms with Gasteiger partial charge in [0.1, 0.15) is 0 Å². The van der Waals surface area contributed by atoms with Crippen LogP contribution in [-0.2, 0) is 10.0 Å². The molecule has 1 N–H and O–H groups in total. The van der Waals surface area contributed by atoms with Crippen LogP contribution in [0.25, 0.3) is 0 Å². The minimum absolute atomic E-state index is 0.133. The Balaban J connectivity index is 1.74. The van der Waals surface area contributed by atoms with Crippen LogP contribution in [0.4, 0.5) is 0 Å². The molecule has 0 aromatic heterocycles. The van der Waals surface area contributed by atoms with Gasteiger partial charge in [-0.3, -0.25) is 0 Å². The summed E-state index contributed by atoms with van der Waals surface area (Å²) < 4.78 is 29.0. The van der Waals surface area contributed by atoms with Gasteiger partial charge in [0.05, 0.1) is 4.90 Å². The molecule has 1 aromatic rings. The molecule has 3 nitrogen and oxygen atoms in total. The first-order valence-corrected chi connectivity index (χ1v) is 11.6. The summed E-state index contributed by atoms with van der Waals surface area (Å²) in [5, 5.41) is 0. The van der Waals surface area contributed by atoms with Crippen LogP contribution in [0.3, 0.4) is 0 Å². The van der Waals surface area contributed by atoms with Gasteiger partial charge in [-0.05, 0) is 56.1 Å². The summed E-state index contributed by atoms with van der Waals surface area (Å²) in [4.78, 5) is 0.407. The van der Waals surface area contributed by atoms with Crippen molar-refractivity contribution in [1.29, 1.82) is 0 Å². The molecule has 0 spiro atoms. The maximum Gasteiger partial charge on any atom is 0.240 e. The molecule has 140 valence electrons. The fraction of sp³-hybridized carbons (Fsp3) is 0.714. The van der Waals surface area contributed by atoms with Crippen molar-refractivity contribution in [2.45, 2.75) is 82.6 Å². The van der Waals surface area contributed by atoms with Crippen molar-refractivity contribution in [2.75, 3.05) is 0 Å². The predicted molar refractivity (Wildman–Crippen MR) is 103 cm³/mol. The average molecular weight is 364 g/mol. The van der Waals surface area contributed by atoms with Crippen LogP contribution in [0.2, 0.25) is 0 Å². The number of hydrogen-bond acceptors (Lipinski definition) is 2. The molecule has 1 aromatic carbocycles. The molecule has 2 fully saturated rings. The number of hydrogen-bond donors (Lipinski definition) is 1. The van der Waals surface area contributed by atoms with Crippen molar-refractivity contribution in [2.24, 2.45) is 17.8 Å². The Bertz CT molecular complexity index is 647. The molecule has 2 aliphatic rings. The van der Waals surface area contributed by atoms with Gasteiger partial charge in [0.2, 0.25) is 10.0 Å². The van der Waals surface area contributed by atoms with Gasteiger partial charge in [-0.25, -0.2) is 13.1 Å². The molecule has 0 saturated heterocycles. The summed E-state index contributed by atoms with van der Waals surface area (Å²) in [6.07, 6.45) is 11.1. The third-order valence-electron chi connectivity index (χ3n) is 6.15. The Morgan fingerprint density at radius 3 is 2.44 bits per heavy atom. The van der Waals surface area contributed by atoms with Crippen molar-refractivity contribution in [3.05, 3.63) is 29.8 Å². The van der Waals surface area contributed by atoms with Crippen LogP contribution in [-0.4, -0.2) is 14.5 Å². The highest BCUT2D eigenvalue weighted by Gasteiger charge is 2.46. The summed E-state index contributed by atoms with van der Waals surface area (Å²) in [6, 6.07) is 7.36. The Labute approximate surface area is 153 Å². The third kappa shape index (κ3) is 4.85. The molecule has 0 heterocycles. The van der Waals surface area contributed by atoms with E-state index < -0.39 is 10.0 Å². The second kappa shape index (κ2) is 8.22. The molecule has 4 heteroatoms. The lowest BCUT2D eigenvalue weighted by Gasteiger charge is -2.31. The molecular weight excluding hydrogens is 330 g/mol. The number of aryl methyl sites for hydroxylation is 1. The minimum Gasteiger partial charge on any atom is -0.208 e. The lowest BCUT2D eigenvalue weighted by molar-refractivity contribution is 0.262. The van der Waals surface area contributed by atoms with E-state index in [1.54, 1.807) is 12.1 Å². The average Bonchev–Trinajstić information content (AvgIpc) is 3.38. The van der Waals surface area contributed by atoms with E-state index in [1.807, 2.05) is 19.1 Å². The van der Waals surface area contributed by atoms with E-state index in [2.05, 4.69) is 11.6 Å². The topological polar surface area (TPSA) is 46.2 Å². The maximum atomic E-state index is 12.9. The molecule has 0 aliphatic heterocycles. The fourth-order valence-electron chi connectivity index (χ4n) is 4.50. The van der Waals surface area contributed by atoms with E-state index in [-0.39, 0.29) is 6.04 Å². The summed E-state index contributed by atoms with van der Waals surface area (Å²) in [6.45, 7) is 4.22. The molecule has 2 saturated carbocycles. The van der Waals surface area contributed by atoms with E-state index in [1.165, 1.54) is 57.8 Å². The quantitative estimate of drug-likeness (QED) is 0.702. The van der Waals surface area contributed by atoms with Gasteiger partial charge in [0.15, 0.2) is 0 Å². The van der Waals surface area contributed by atoms with Crippen LogP contribution < -0.4 is 4.72 Å². The van der Waals surface area contributed by atoms with Crippen LogP contribution in [0.15, 0.2) is 29.2 Å². The van der Waals surface area contributed by atoms with E-state index in [0.717, 1.165) is 11.5 Å². The molecule has 3 rings (SSSR count). The van der Waals surface area contributed by atoms with Crippen LogP contribution in [0.1, 0.15) is 70.3 Å². The molecular formula is C21H33NO2S. The predicted octanol–water partition coefficient (Wildman–Crippen LogP) is 5.05. The first kappa shape index (κ1) is 18.9. The number of benzene rings is 1. The van der Waals surface area contributed by atoms with E-state index in [9.17, 15) is 8.42 Å². The summed E-state index contributed by atoms with van der Waals surface area (Å²) in [7, 11) is -3.42. The number of rotatable bonds is 8. The number of sulfonamides is 1. The highest BCUT2D eigenvalue weighted by molar-refractivity contribution is 7.89. The third-order valence-corrected chi connectivity index (χ3v) is 7.62. The highest BCUT2D eigenvalue weighted by Crippen LogP contribution is 2.48. The lowest BCUT2D eigenvalue weighted by atomic mass is 9.82. The monoisotopic (exact) mass is 363 g/mol. The lowest BCUT2D eigenvalue weighted by Crippen LogP contribution is -2.43. The molecule has 3 atom stereocenters. The maximum absolute atomic E-state index is 12.9. The Morgan fingerprint density at radius 1 is 1.12 bits per heavy atom. The van der Waals surface area contributed by atoms with Gasteiger partial charge in [-0.1, -0.05) is 63.1 Å². The number of nitrogens with one attached hydrogen (secondary N) is 1. The van der Waals surface area contributed by atoms with E-state index in [4.69, 9.17) is 0 Å². The molecule has 2 aliphatic carbocycles. The zero-order valence-electron chi connectivity index (χ0n) is 15.7. The molecule has 0 unspecified atom stereocenters. The van der Waals surface area contributed by atoms with Gasteiger partial charge < -0.3 is 0 Å². The molecule has 0 amide bonds. The minimum atomic E-state index is -3.42. The highest BCUT2D eigenvalue weighted by atomic mass is 32.2. The smallest absolute Gasteiger partial charge is 0.208 e. The standard InChI is InChI=1S/C21H33NO2S/c1-3-4-8-18-15-20(18)21(17-9-6-5-7-10-17)22-25(23,24)19-13-11-16(2)12-14-19/h11-14,17-18,20-22H,3-10,15H2,1-2H3/t18-,20+,21-/m1/s1. The SMILES string of the molecule is CCCC[C@@H]1C[C@@H]1[C@H](NS(=O)(=O)c1ccc(C)cc1)C1CCCCC1. The van der Waals surface area contributed by atoms with Gasteiger partial charge in [-0.15, -0.1) is 0 Å². The fourth-order valence-corrected chi connectivity index (χ4v) is 5.86. The van der Waals surface area contributed by atoms with Crippen molar-refractivity contribution < 1.29 is 8.42 Å². The van der Waals surface area contributed by atoms with Crippen molar-refractivity contribution in [1.82, 2.24) is 4.72 Å². The molecule has 0 radical (unpaired) electrons. The van der Waals surface area contributed by atoms with Crippen LogP contribution in [0, 0.1) is 24.7 Å². The van der Waals surface area contributed by atoms with E-state index >= 15 is 0 Å². The second-order valence-electron chi connectivity index (χ2n) is 8.16.